The van der Waals surface area contributed by atoms with Crippen LogP contribution in [0.2, 0.25) is 0 Å². The van der Waals surface area contributed by atoms with Crippen molar-refractivity contribution in [1.82, 2.24) is 9.78 Å². The molecular formula is C15H19BrN2O. The van der Waals surface area contributed by atoms with E-state index in [4.69, 9.17) is 9.84 Å². The minimum absolute atomic E-state index is 0.204. The summed E-state index contributed by atoms with van der Waals surface area (Å²) < 4.78 is 7.69. The highest BCUT2D eigenvalue weighted by atomic mass is 79.9. The number of alkyl halides is 1. The highest BCUT2D eigenvalue weighted by Gasteiger charge is 2.33. The maximum atomic E-state index is 5.70. The Bertz CT molecular complexity index is 573. The molecule has 0 spiro atoms. The molecular weight excluding hydrogens is 304 g/mol. The third kappa shape index (κ3) is 2.43. The van der Waals surface area contributed by atoms with Crippen LogP contribution in [0.15, 0.2) is 24.3 Å². The van der Waals surface area contributed by atoms with Crippen LogP contribution in [-0.2, 0) is 18.2 Å². The Kier molecular flexibility index (Phi) is 3.63. The lowest BCUT2D eigenvalue weighted by molar-refractivity contribution is 0.00578. The topological polar surface area (TPSA) is 27.1 Å². The third-order valence-corrected chi connectivity index (χ3v) is 5.25. The molecule has 0 aliphatic carbocycles. The lowest BCUT2D eigenvalue weighted by Crippen LogP contribution is -2.35. The summed E-state index contributed by atoms with van der Waals surface area (Å²) in [5.74, 6) is 0. The average molecular weight is 323 g/mol. The molecule has 1 aromatic carbocycles. The van der Waals surface area contributed by atoms with Gasteiger partial charge in [0, 0.05) is 36.2 Å². The van der Waals surface area contributed by atoms with Gasteiger partial charge in [0.1, 0.15) is 0 Å². The van der Waals surface area contributed by atoms with Crippen molar-refractivity contribution in [2.24, 2.45) is 12.5 Å². The van der Waals surface area contributed by atoms with Crippen molar-refractivity contribution < 1.29 is 4.74 Å². The fourth-order valence-corrected chi connectivity index (χ4v) is 3.62. The fraction of sp³-hybridized carbons (Fsp3) is 0.533. The Morgan fingerprint density at radius 1 is 1.42 bits per heavy atom. The number of fused-ring (bicyclic) bond motifs is 1. The summed E-state index contributed by atoms with van der Waals surface area (Å²) in [6.07, 6.45) is 3.35. The predicted molar refractivity (Wildman–Crippen MR) is 80.7 cm³/mol. The first-order valence-corrected chi connectivity index (χ1v) is 7.91. The smallest absolute Gasteiger partial charge is 0.0709 e. The molecule has 4 heteroatoms. The molecule has 1 aromatic heterocycles. The minimum Gasteiger partial charge on any atom is -0.381 e. The van der Waals surface area contributed by atoms with Gasteiger partial charge in [0.05, 0.1) is 17.8 Å². The zero-order valence-corrected chi connectivity index (χ0v) is 12.8. The molecule has 1 unspecified atom stereocenters. The van der Waals surface area contributed by atoms with E-state index < -0.39 is 0 Å². The van der Waals surface area contributed by atoms with Gasteiger partial charge in [-0.15, -0.1) is 0 Å². The zero-order chi connectivity index (χ0) is 13.3. The number of rotatable bonds is 3. The first-order valence-electron chi connectivity index (χ1n) is 6.78. The summed E-state index contributed by atoms with van der Waals surface area (Å²) in [7, 11) is 2.02. The summed E-state index contributed by atoms with van der Waals surface area (Å²) in [4.78, 5) is 0. The van der Waals surface area contributed by atoms with E-state index in [9.17, 15) is 0 Å². The monoisotopic (exact) mass is 322 g/mol. The number of para-hydroxylation sites is 1. The van der Waals surface area contributed by atoms with Gasteiger partial charge in [-0.2, -0.15) is 5.10 Å². The van der Waals surface area contributed by atoms with Crippen molar-refractivity contribution in [1.29, 1.82) is 0 Å². The van der Waals surface area contributed by atoms with E-state index in [-0.39, 0.29) is 5.41 Å². The van der Waals surface area contributed by atoms with Crippen molar-refractivity contribution in [3.8, 4) is 0 Å². The van der Waals surface area contributed by atoms with Gasteiger partial charge in [-0.1, -0.05) is 34.1 Å². The van der Waals surface area contributed by atoms with Gasteiger partial charge < -0.3 is 4.74 Å². The highest BCUT2D eigenvalue weighted by molar-refractivity contribution is 9.09. The van der Waals surface area contributed by atoms with Gasteiger partial charge in [0.25, 0.3) is 0 Å². The highest BCUT2D eigenvalue weighted by Crippen LogP contribution is 2.35. The summed E-state index contributed by atoms with van der Waals surface area (Å²) in [5, 5.41) is 6.97. The van der Waals surface area contributed by atoms with Crippen molar-refractivity contribution in [3.05, 3.63) is 30.0 Å². The molecule has 0 radical (unpaired) electrons. The summed E-state index contributed by atoms with van der Waals surface area (Å²) in [6.45, 7) is 1.74. The van der Waals surface area contributed by atoms with E-state index >= 15 is 0 Å². The first-order chi connectivity index (χ1) is 9.24. The van der Waals surface area contributed by atoms with E-state index in [2.05, 4.69) is 40.2 Å². The van der Waals surface area contributed by atoms with Gasteiger partial charge in [-0.3, -0.25) is 4.68 Å². The molecule has 1 aliphatic heterocycles. The summed E-state index contributed by atoms with van der Waals surface area (Å²) in [6, 6.07) is 8.46. The van der Waals surface area contributed by atoms with Gasteiger partial charge in [0.2, 0.25) is 0 Å². The first kappa shape index (κ1) is 13.1. The Balaban J connectivity index is 1.96. The van der Waals surface area contributed by atoms with Crippen LogP contribution < -0.4 is 0 Å². The molecule has 1 aliphatic rings. The molecule has 3 rings (SSSR count). The van der Waals surface area contributed by atoms with Crippen LogP contribution in [0.5, 0.6) is 0 Å². The zero-order valence-electron chi connectivity index (χ0n) is 11.2. The molecule has 102 valence electrons. The fourth-order valence-electron chi connectivity index (χ4n) is 2.98. The maximum Gasteiger partial charge on any atom is 0.0709 e. The molecule has 1 fully saturated rings. The molecule has 3 nitrogen and oxygen atoms in total. The third-order valence-electron chi connectivity index (χ3n) is 4.06. The molecule has 0 amide bonds. The van der Waals surface area contributed by atoms with Crippen molar-refractivity contribution in [3.63, 3.8) is 0 Å². The maximum absolute atomic E-state index is 5.70. The van der Waals surface area contributed by atoms with E-state index in [1.807, 2.05) is 11.7 Å². The number of aryl methyl sites for hydroxylation is 1. The largest absolute Gasteiger partial charge is 0.381 e. The molecule has 0 N–H and O–H groups in total. The molecule has 0 saturated carbocycles. The molecule has 19 heavy (non-hydrogen) atoms. The number of benzene rings is 1. The van der Waals surface area contributed by atoms with E-state index in [1.165, 1.54) is 23.0 Å². The number of halogens is 1. The molecule has 2 heterocycles. The SMILES string of the molecule is Cn1nc(CC2(CBr)CCCOC2)c2ccccc21. The number of aromatic nitrogens is 2. The summed E-state index contributed by atoms with van der Waals surface area (Å²) >= 11 is 3.68. The molecule has 1 saturated heterocycles. The number of nitrogens with zero attached hydrogens (tertiary/aromatic N) is 2. The number of hydrogen-bond donors (Lipinski definition) is 0. The second kappa shape index (κ2) is 5.25. The van der Waals surface area contributed by atoms with E-state index in [0.29, 0.717) is 0 Å². The second-order valence-corrected chi connectivity index (χ2v) is 6.11. The van der Waals surface area contributed by atoms with E-state index in [1.54, 1.807) is 0 Å². The second-order valence-electron chi connectivity index (χ2n) is 5.55. The van der Waals surface area contributed by atoms with E-state index in [0.717, 1.165) is 31.4 Å². The van der Waals surface area contributed by atoms with Crippen LogP contribution in [0.4, 0.5) is 0 Å². The van der Waals surface area contributed by atoms with Gasteiger partial charge in [0.15, 0.2) is 0 Å². The van der Waals surface area contributed by atoms with Crippen molar-refractivity contribution in [2.45, 2.75) is 19.3 Å². The van der Waals surface area contributed by atoms with Crippen LogP contribution in [0.3, 0.4) is 0 Å². The van der Waals surface area contributed by atoms with Gasteiger partial charge >= 0.3 is 0 Å². The van der Waals surface area contributed by atoms with Crippen LogP contribution in [0.25, 0.3) is 10.9 Å². The normalized spacial score (nSPS) is 23.9. The van der Waals surface area contributed by atoms with Gasteiger partial charge in [-0.25, -0.2) is 0 Å². The van der Waals surface area contributed by atoms with Crippen molar-refractivity contribution in [2.75, 3.05) is 18.5 Å². The Hall–Kier alpha value is -0.870. The van der Waals surface area contributed by atoms with Crippen LogP contribution >= 0.6 is 15.9 Å². The molecule has 0 bridgehead atoms. The number of ether oxygens (including phenoxy) is 1. The Morgan fingerprint density at radius 3 is 3.00 bits per heavy atom. The quantitative estimate of drug-likeness (QED) is 0.811. The Labute approximate surface area is 122 Å². The summed E-state index contributed by atoms with van der Waals surface area (Å²) in [5.41, 5.74) is 2.61. The average Bonchev–Trinajstić information content (AvgIpc) is 2.77. The molecule has 1 atom stereocenters. The predicted octanol–water partition coefficient (Wildman–Crippen LogP) is 3.31. The number of hydrogen-bond acceptors (Lipinski definition) is 2. The lowest BCUT2D eigenvalue weighted by atomic mass is 9.80. The molecule has 2 aromatic rings. The van der Waals surface area contributed by atoms with Crippen LogP contribution in [0.1, 0.15) is 18.5 Å². The van der Waals surface area contributed by atoms with Gasteiger partial charge in [-0.05, 0) is 18.9 Å². The van der Waals surface area contributed by atoms with Crippen LogP contribution in [-0.4, -0.2) is 28.3 Å². The standard InChI is InChI=1S/C15H19BrN2O/c1-18-14-6-3-2-5-12(14)13(17-18)9-15(10-16)7-4-8-19-11-15/h2-3,5-6H,4,7-11H2,1H3. The van der Waals surface area contributed by atoms with Crippen molar-refractivity contribution >= 4 is 26.8 Å². The minimum atomic E-state index is 0.204. The Morgan fingerprint density at radius 2 is 2.26 bits per heavy atom. The van der Waals surface area contributed by atoms with Crippen LogP contribution in [0, 0.1) is 5.41 Å². The lowest BCUT2D eigenvalue weighted by Gasteiger charge is -2.35.